The van der Waals surface area contributed by atoms with E-state index in [1.54, 1.807) is 6.07 Å². The van der Waals surface area contributed by atoms with Gasteiger partial charge in [-0.25, -0.2) is 0 Å². The van der Waals surface area contributed by atoms with Crippen molar-refractivity contribution in [3.8, 4) is 0 Å². The van der Waals surface area contributed by atoms with Gasteiger partial charge in [0.15, 0.2) is 5.82 Å². The van der Waals surface area contributed by atoms with Crippen molar-refractivity contribution in [3.05, 3.63) is 42.0 Å². The lowest BCUT2D eigenvalue weighted by atomic mass is 9.97. The Morgan fingerprint density at radius 3 is 2.78 bits per heavy atom. The minimum Gasteiger partial charge on any atom is -0.382 e. The van der Waals surface area contributed by atoms with E-state index in [0.29, 0.717) is 11.9 Å². The third-order valence-corrected chi connectivity index (χ3v) is 3.44. The van der Waals surface area contributed by atoms with Crippen molar-refractivity contribution in [1.82, 2.24) is 10.2 Å². The topological polar surface area (TPSA) is 55.0 Å². The normalized spacial score (nSPS) is 18.5. The largest absolute Gasteiger partial charge is 0.382 e. The smallest absolute Gasteiger partial charge is 0.156 e. The van der Waals surface area contributed by atoms with Crippen molar-refractivity contribution in [2.45, 2.75) is 25.8 Å². The fourth-order valence-corrected chi connectivity index (χ4v) is 2.50. The molecule has 2 N–H and O–H groups in total. The SMILES string of the molecule is CC1CCc2ccccc2N1c1ccc(N)nn1. The molecule has 4 nitrogen and oxygen atoms in total. The first-order valence-electron chi connectivity index (χ1n) is 6.22. The van der Waals surface area contributed by atoms with Crippen molar-refractivity contribution in [2.24, 2.45) is 0 Å². The number of hydrogen-bond donors (Lipinski definition) is 1. The summed E-state index contributed by atoms with van der Waals surface area (Å²) in [7, 11) is 0. The van der Waals surface area contributed by atoms with Crippen molar-refractivity contribution in [3.63, 3.8) is 0 Å². The molecule has 1 aromatic carbocycles. The zero-order valence-electron chi connectivity index (χ0n) is 10.4. The first-order chi connectivity index (χ1) is 8.75. The second-order valence-corrected chi connectivity index (χ2v) is 4.70. The number of aromatic nitrogens is 2. The zero-order valence-corrected chi connectivity index (χ0v) is 10.4. The molecule has 0 bridgehead atoms. The summed E-state index contributed by atoms with van der Waals surface area (Å²) in [6.07, 6.45) is 2.25. The van der Waals surface area contributed by atoms with Gasteiger partial charge in [0.2, 0.25) is 0 Å². The van der Waals surface area contributed by atoms with E-state index < -0.39 is 0 Å². The Balaban J connectivity index is 2.07. The van der Waals surface area contributed by atoms with Crippen LogP contribution >= 0.6 is 0 Å². The molecule has 0 saturated carbocycles. The molecule has 1 aromatic heterocycles. The van der Waals surface area contributed by atoms with Gasteiger partial charge in [0.25, 0.3) is 0 Å². The second-order valence-electron chi connectivity index (χ2n) is 4.70. The van der Waals surface area contributed by atoms with Gasteiger partial charge in [-0.05, 0) is 43.5 Å². The van der Waals surface area contributed by atoms with E-state index in [1.165, 1.54) is 11.3 Å². The molecule has 0 saturated heterocycles. The number of aryl methyl sites for hydroxylation is 1. The van der Waals surface area contributed by atoms with E-state index in [4.69, 9.17) is 5.73 Å². The molecule has 18 heavy (non-hydrogen) atoms. The van der Waals surface area contributed by atoms with Gasteiger partial charge in [-0.15, -0.1) is 10.2 Å². The molecule has 0 radical (unpaired) electrons. The van der Waals surface area contributed by atoms with Crippen LogP contribution < -0.4 is 10.6 Å². The van der Waals surface area contributed by atoms with Crippen LogP contribution in [0.4, 0.5) is 17.3 Å². The highest BCUT2D eigenvalue weighted by molar-refractivity contribution is 5.66. The maximum absolute atomic E-state index is 5.59. The number of hydrogen-bond acceptors (Lipinski definition) is 4. The molecule has 2 heterocycles. The molecule has 92 valence electrons. The summed E-state index contributed by atoms with van der Waals surface area (Å²) in [5.41, 5.74) is 8.19. The fourth-order valence-electron chi connectivity index (χ4n) is 2.50. The lowest BCUT2D eigenvalue weighted by Gasteiger charge is -2.35. The standard InChI is InChI=1S/C14H16N4/c1-10-6-7-11-4-2-3-5-12(11)18(10)14-9-8-13(15)16-17-14/h2-5,8-10H,6-7H2,1H3,(H2,15,16). The molecule has 1 aliphatic heterocycles. The second kappa shape index (κ2) is 4.29. The summed E-state index contributed by atoms with van der Waals surface area (Å²) < 4.78 is 0. The lowest BCUT2D eigenvalue weighted by molar-refractivity contribution is 0.611. The Morgan fingerprint density at radius 1 is 1.17 bits per heavy atom. The zero-order chi connectivity index (χ0) is 12.5. The van der Waals surface area contributed by atoms with Gasteiger partial charge < -0.3 is 10.6 Å². The molecule has 1 unspecified atom stereocenters. The third-order valence-electron chi connectivity index (χ3n) is 3.44. The number of para-hydroxylation sites is 1. The third kappa shape index (κ3) is 1.79. The van der Waals surface area contributed by atoms with Gasteiger partial charge in [-0.3, -0.25) is 0 Å². The van der Waals surface area contributed by atoms with Gasteiger partial charge in [-0.1, -0.05) is 18.2 Å². The van der Waals surface area contributed by atoms with E-state index in [2.05, 4.69) is 46.3 Å². The summed E-state index contributed by atoms with van der Waals surface area (Å²) in [6, 6.07) is 12.6. The Morgan fingerprint density at radius 2 is 2.00 bits per heavy atom. The van der Waals surface area contributed by atoms with Crippen LogP contribution in [0, 0.1) is 0 Å². The van der Waals surface area contributed by atoms with Crippen LogP contribution in [-0.4, -0.2) is 16.2 Å². The minimum absolute atomic E-state index is 0.429. The average molecular weight is 240 g/mol. The number of nitrogen functional groups attached to an aromatic ring is 1. The van der Waals surface area contributed by atoms with Crippen LogP contribution in [0.25, 0.3) is 0 Å². The van der Waals surface area contributed by atoms with E-state index in [9.17, 15) is 0 Å². The molecule has 4 heteroatoms. The lowest BCUT2D eigenvalue weighted by Crippen LogP contribution is -2.33. The summed E-state index contributed by atoms with van der Waals surface area (Å²) in [4.78, 5) is 2.24. The summed E-state index contributed by atoms with van der Waals surface area (Å²) in [5, 5.41) is 8.15. The predicted molar refractivity (Wildman–Crippen MR) is 72.8 cm³/mol. The molecular weight excluding hydrogens is 224 g/mol. The number of benzene rings is 1. The Bertz CT molecular complexity index is 550. The molecule has 0 fully saturated rings. The molecule has 3 rings (SSSR count). The van der Waals surface area contributed by atoms with Crippen LogP contribution in [0.15, 0.2) is 36.4 Å². The van der Waals surface area contributed by atoms with Gasteiger partial charge in [0, 0.05) is 11.7 Å². The van der Waals surface area contributed by atoms with Gasteiger partial charge in [0.05, 0.1) is 0 Å². The highest BCUT2D eigenvalue weighted by Gasteiger charge is 2.24. The first kappa shape index (κ1) is 11.0. The molecule has 2 aromatic rings. The van der Waals surface area contributed by atoms with Crippen LogP contribution in [-0.2, 0) is 6.42 Å². The summed E-state index contributed by atoms with van der Waals surface area (Å²) in [6.45, 7) is 2.22. The van der Waals surface area contributed by atoms with Crippen molar-refractivity contribution in [1.29, 1.82) is 0 Å². The van der Waals surface area contributed by atoms with E-state index in [-0.39, 0.29) is 0 Å². The van der Waals surface area contributed by atoms with Gasteiger partial charge in [0.1, 0.15) is 5.82 Å². The van der Waals surface area contributed by atoms with Crippen LogP contribution in [0.2, 0.25) is 0 Å². The first-order valence-corrected chi connectivity index (χ1v) is 6.22. The Kier molecular flexibility index (Phi) is 2.63. The van der Waals surface area contributed by atoms with Gasteiger partial charge >= 0.3 is 0 Å². The van der Waals surface area contributed by atoms with E-state index >= 15 is 0 Å². The number of fused-ring (bicyclic) bond motifs is 1. The van der Waals surface area contributed by atoms with Crippen LogP contribution in [0.5, 0.6) is 0 Å². The van der Waals surface area contributed by atoms with E-state index in [1.807, 2.05) is 6.07 Å². The van der Waals surface area contributed by atoms with Gasteiger partial charge in [-0.2, -0.15) is 0 Å². The molecule has 0 amide bonds. The monoisotopic (exact) mass is 240 g/mol. The predicted octanol–water partition coefficient (Wildman–Crippen LogP) is 2.53. The molecule has 1 atom stereocenters. The maximum atomic E-state index is 5.59. The quantitative estimate of drug-likeness (QED) is 0.832. The average Bonchev–Trinajstić information content (AvgIpc) is 2.40. The fraction of sp³-hybridized carbons (Fsp3) is 0.286. The summed E-state index contributed by atoms with van der Waals surface area (Å²) in [5.74, 6) is 1.32. The minimum atomic E-state index is 0.429. The van der Waals surface area contributed by atoms with Crippen molar-refractivity contribution in [2.75, 3.05) is 10.6 Å². The number of anilines is 3. The maximum Gasteiger partial charge on any atom is 0.156 e. The van der Waals surface area contributed by atoms with Crippen molar-refractivity contribution >= 4 is 17.3 Å². The number of nitrogens with two attached hydrogens (primary N) is 1. The number of nitrogens with zero attached hydrogens (tertiary/aromatic N) is 3. The van der Waals surface area contributed by atoms with Crippen LogP contribution in [0.1, 0.15) is 18.9 Å². The molecule has 0 aliphatic carbocycles. The summed E-state index contributed by atoms with van der Waals surface area (Å²) >= 11 is 0. The molecular formula is C14H16N4. The highest BCUT2D eigenvalue weighted by Crippen LogP contribution is 2.35. The van der Waals surface area contributed by atoms with Crippen molar-refractivity contribution < 1.29 is 0 Å². The van der Waals surface area contributed by atoms with Crippen LogP contribution in [0.3, 0.4) is 0 Å². The molecule has 0 spiro atoms. The molecule has 1 aliphatic rings. The van der Waals surface area contributed by atoms with E-state index in [0.717, 1.165) is 18.7 Å². The highest BCUT2D eigenvalue weighted by atomic mass is 15.3. The Hall–Kier alpha value is -2.10. The number of rotatable bonds is 1. The Labute approximate surface area is 106 Å².